The van der Waals surface area contributed by atoms with Crippen LogP contribution in [0.2, 0.25) is 0 Å². The number of carbonyl (C=O) groups is 1. The van der Waals surface area contributed by atoms with Crippen LogP contribution in [0.5, 0.6) is 17.2 Å². The highest BCUT2D eigenvalue weighted by Crippen LogP contribution is 2.40. The van der Waals surface area contributed by atoms with Crippen LogP contribution in [0.1, 0.15) is 5.56 Å². The fourth-order valence-electron chi connectivity index (χ4n) is 2.31. The third-order valence-electron chi connectivity index (χ3n) is 3.33. The lowest BCUT2D eigenvalue weighted by Crippen LogP contribution is -2.47. The van der Waals surface area contributed by atoms with Crippen LogP contribution in [0.25, 0.3) is 0 Å². The maximum atomic E-state index is 11.8. The molecule has 0 aliphatic carbocycles. The molecule has 1 heterocycles. The standard InChI is InChI=1S/C14H20N2O4/c1-18-11-5-4-10(13(19-2)14(11)20-3)9-16-7-6-15-8-12(16)17/h4-5,15H,6-9H2,1-3H3. The molecule has 0 atom stereocenters. The van der Waals surface area contributed by atoms with Crippen LogP contribution in [0.4, 0.5) is 0 Å². The topological polar surface area (TPSA) is 60.0 Å². The maximum Gasteiger partial charge on any atom is 0.236 e. The first-order chi connectivity index (χ1) is 9.71. The Kier molecular flexibility index (Phi) is 4.68. The van der Waals surface area contributed by atoms with Crippen molar-refractivity contribution in [1.29, 1.82) is 0 Å². The second kappa shape index (κ2) is 6.47. The van der Waals surface area contributed by atoms with E-state index in [0.29, 0.717) is 36.9 Å². The molecule has 0 radical (unpaired) electrons. The molecule has 0 saturated carbocycles. The number of ether oxygens (including phenoxy) is 3. The summed E-state index contributed by atoms with van der Waals surface area (Å²) < 4.78 is 16.0. The van der Waals surface area contributed by atoms with Crippen molar-refractivity contribution in [2.45, 2.75) is 6.54 Å². The van der Waals surface area contributed by atoms with Crippen LogP contribution in [0, 0.1) is 0 Å². The van der Waals surface area contributed by atoms with Gasteiger partial charge in [0.15, 0.2) is 11.5 Å². The number of hydrogen-bond acceptors (Lipinski definition) is 5. The number of methoxy groups -OCH3 is 3. The number of amides is 1. The molecule has 1 aliphatic rings. The summed E-state index contributed by atoms with van der Waals surface area (Å²) in [5.41, 5.74) is 0.903. The number of piperazine rings is 1. The second-order valence-corrected chi connectivity index (χ2v) is 4.49. The SMILES string of the molecule is COc1ccc(CN2CCNCC2=O)c(OC)c1OC. The number of rotatable bonds is 5. The van der Waals surface area contributed by atoms with E-state index in [1.807, 2.05) is 12.1 Å². The van der Waals surface area contributed by atoms with Gasteiger partial charge in [-0.1, -0.05) is 0 Å². The quantitative estimate of drug-likeness (QED) is 0.858. The lowest BCUT2D eigenvalue weighted by molar-refractivity contribution is -0.132. The van der Waals surface area contributed by atoms with Gasteiger partial charge in [-0.05, 0) is 12.1 Å². The van der Waals surface area contributed by atoms with Crippen LogP contribution in [-0.4, -0.2) is 51.8 Å². The van der Waals surface area contributed by atoms with E-state index in [-0.39, 0.29) is 5.91 Å². The fourth-order valence-corrected chi connectivity index (χ4v) is 2.31. The van der Waals surface area contributed by atoms with E-state index < -0.39 is 0 Å². The highest BCUT2D eigenvalue weighted by atomic mass is 16.5. The van der Waals surface area contributed by atoms with Crippen LogP contribution in [0.3, 0.4) is 0 Å². The summed E-state index contributed by atoms with van der Waals surface area (Å²) in [5, 5.41) is 3.05. The van der Waals surface area contributed by atoms with E-state index in [2.05, 4.69) is 5.32 Å². The fraction of sp³-hybridized carbons (Fsp3) is 0.500. The summed E-state index contributed by atoms with van der Waals surface area (Å²) in [5.74, 6) is 1.86. The first-order valence-corrected chi connectivity index (χ1v) is 6.47. The van der Waals surface area contributed by atoms with Crippen molar-refractivity contribution in [2.24, 2.45) is 0 Å². The largest absolute Gasteiger partial charge is 0.493 e. The van der Waals surface area contributed by atoms with Gasteiger partial charge < -0.3 is 24.4 Å². The molecule has 0 spiro atoms. The first kappa shape index (κ1) is 14.5. The zero-order chi connectivity index (χ0) is 14.5. The van der Waals surface area contributed by atoms with Crippen molar-refractivity contribution in [3.63, 3.8) is 0 Å². The molecular formula is C14H20N2O4. The molecular weight excluding hydrogens is 260 g/mol. The predicted octanol–water partition coefficient (Wildman–Crippen LogP) is 0.644. The summed E-state index contributed by atoms with van der Waals surface area (Å²) in [6.07, 6.45) is 0. The highest BCUT2D eigenvalue weighted by Gasteiger charge is 2.22. The molecule has 2 rings (SSSR count). The number of nitrogens with one attached hydrogen (secondary N) is 1. The van der Waals surface area contributed by atoms with E-state index in [0.717, 1.165) is 12.1 Å². The van der Waals surface area contributed by atoms with Crippen LogP contribution in [0.15, 0.2) is 12.1 Å². The molecule has 0 bridgehead atoms. The van der Waals surface area contributed by atoms with E-state index in [1.54, 1.807) is 26.2 Å². The Balaban J connectivity index is 2.29. The number of carbonyl (C=O) groups excluding carboxylic acids is 1. The zero-order valence-electron chi connectivity index (χ0n) is 12.1. The van der Waals surface area contributed by atoms with E-state index in [4.69, 9.17) is 14.2 Å². The Labute approximate surface area is 118 Å². The number of hydrogen-bond donors (Lipinski definition) is 1. The molecule has 1 fully saturated rings. The minimum atomic E-state index is 0.0908. The molecule has 110 valence electrons. The Morgan fingerprint density at radius 1 is 1.15 bits per heavy atom. The Hall–Kier alpha value is -1.95. The molecule has 1 aliphatic heterocycles. The third-order valence-corrected chi connectivity index (χ3v) is 3.33. The molecule has 1 saturated heterocycles. The number of nitrogens with zero attached hydrogens (tertiary/aromatic N) is 1. The molecule has 20 heavy (non-hydrogen) atoms. The van der Waals surface area contributed by atoms with Crippen molar-refractivity contribution < 1.29 is 19.0 Å². The zero-order valence-corrected chi connectivity index (χ0v) is 12.1. The number of benzene rings is 1. The van der Waals surface area contributed by atoms with Gasteiger partial charge in [0, 0.05) is 25.2 Å². The Morgan fingerprint density at radius 2 is 1.90 bits per heavy atom. The van der Waals surface area contributed by atoms with E-state index in [9.17, 15) is 4.79 Å². The first-order valence-electron chi connectivity index (χ1n) is 6.47. The van der Waals surface area contributed by atoms with Gasteiger partial charge in [-0.15, -0.1) is 0 Å². The Morgan fingerprint density at radius 3 is 2.50 bits per heavy atom. The monoisotopic (exact) mass is 280 g/mol. The summed E-state index contributed by atoms with van der Waals surface area (Å²) >= 11 is 0. The molecule has 0 aromatic heterocycles. The molecule has 6 nitrogen and oxygen atoms in total. The maximum absolute atomic E-state index is 11.8. The predicted molar refractivity (Wildman–Crippen MR) is 74.4 cm³/mol. The van der Waals surface area contributed by atoms with Gasteiger partial charge in [0.2, 0.25) is 11.7 Å². The van der Waals surface area contributed by atoms with Crippen molar-refractivity contribution in [3.8, 4) is 17.2 Å². The van der Waals surface area contributed by atoms with Gasteiger partial charge in [-0.25, -0.2) is 0 Å². The normalized spacial score (nSPS) is 15.2. The average molecular weight is 280 g/mol. The van der Waals surface area contributed by atoms with Gasteiger partial charge >= 0.3 is 0 Å². The van der Waals surface area contributed by atoms with Crippen molar-refractivity contribution in [2.75, 3.05) is 41.0 Å². The van der Waals surface area contributed by atoms with E-state index >= 15 is 0 Å². The van der Waals surface area contributed by atoms with Gasteiger partial charge in [0.25, 0.3) is 0 Å². The van der Waals surface area contributed by atoms with Crippen LogP contribution >= 0.6 is 0 Å². The third kappa shape index (κ3) is 2.80. The molecule has 1 aromatic carbocycles. The lowest BCUT2D eigenvalue weighted by Gasteiger charge is -2.28. The molecule has 1 amide bonds. The molecule has 6 heteroatoms. The minimum Gasteiger partial charge on any atom is -0.493 e. The van der Waals surface area contributed by atoms with E-state index in [1.165, 1.54) is 0 Å². The summed E-state index contributed by atoms with van der Waals surface area (Å²) in [7, 11) is 4.73. The second-order valence-electron chi connectivity index (χ2n) is 4.49. The minimum absolute atomic E-state index is 0.0908. The van der Waals surface area contributed by atoms with Gasteiger partial charge in [0.05, 0.1) is 27.9 Å². The summed E-state index contributed by atoms with van der Waals surface area (Å²) in [6.45, 7) is 2.39. The van der Waals surface area contributed by atoms with Gasteiger partial charge in [-0.2, -0.15) is 0 Å². The van der Waals surface area contributed by atoms with Crippen LogP contribution < -0.4 is 19.5 Å². The smallest absolute Gasteiger partial charge is 0.236 e. The van der Waals surface area contributed by atoms with Crippen LogP contribution in [-0.2, 0) is 11.3 Å². The summed E-state index contributed by atoms with van der Waals surface area (Å²) in [4.78, 5) is 13.6. The van der Waals surface area contributed by atoms with Gasteiger partial charge in [0.1, 0.15) is 0 Å². The van der Waals surface area contributed by atoms with Crippen molar-refractivity contribution in [3.05, 3.63) is 17.7 Å². The lowest BCUT2D eigenvalue weighted by atomic mass is 10.1. The molecule has 1 N–H and O–H groups in total. The Bertz CT molecular complexity index is 490. The molecule has 0 unspecified atom stereocenters. The van der Waals surface area contributed by atoms with Crippen molar-refractivity contribution >= 4 is 5.91 Å². The average Bonchev–Trinajstić information content (AvgIpc) is 2.48. The highest BCUT2D eigenvalue weighted by molar-refractivity contribution is 5.79. The molecule has 1 aromatic rings. The van der Waals surface area contributed by atoms with Crippen molar-refractivity contribution in [1.82, 2.24) is 10.2 Å². The van der Waals surface area contributed by atoms with Gasteiger partial charge in [-0.3, -0.25) is 4.79 Å². The summed E-state index contributed by atoms with van der Waals surface area (Å²) in [6, 6.07) is 3.72.